The molecule has 6 nitrogen and oxygen atoms in total. The molecule has 1 aliphatic carbocycles. The third kappa shape index (κ3) is 4.29. The van der Waals surface area contributed by atoms with Gasteiger partial charge in [-0.15, -0.1) is 0 Å². The number of likely N-dealkylation sites (tertiary alicyclic amines) is 1. The number of methoxy groups -OCH3 is 1. The van der Waals surface area contributed by atoms with E-state index >= 15 is 0 Å². The van der Waals surface area contributed by atoms with Crippen LogP contribution >= 0.6 is 0 Å². The highest BCUT2D eigenvalue weighted by atomic mass is 16.5. The van der Waals surface area contributed by atoms with Gasteiger partial charge in [0.1, 0.15) is 5.75 Å². The Hall–Kier alpha value is -2.24. The third-order valence-corrected chi connectivity index (χ3v) is 5.66. The Morgan fingerprint density at radius 1 is 1.15 bits per heavy atom. The fraction of sp³-hybridized carbons (Fsp3) is 0.600. The Labute approximate surface area is 156 Å². The van der Waals surface area contributed by atoms with E-state index in [2.05, 4.69) is 20.5 Å². The first-order valence-corrected chi connectivity index (χ1v) is 9.54. The number of rotatable bonds is 5. The molecule has 6 heteroatoms. The molecule has 0 unspecified atom stereocenters. The van der Waals surface area contributed by atoms with E-state index in [1.165, 1.54) is 32.1 Å². The summed E-state index contributed by atoms with van der Waals surface area (Å²) in [7, 11) is 3.44. The summed E-state index contributed by atoms with van der Waals surface area (Å²) in [4.78, 5) is 19.0. The molecule has 2 N–H and O–H groups in total. The molecule has 2 aliphatic rings. The molecule has 2 fully saturated rings. The normalized spacial score (nSPS) is 19.0. The van der Waals surface area contributed by atoms with Gasteiger partial charge >= 0.3 is 0 Å². The van der Waals surface area contributed by atoms with Crippen LogP contribution in [0.5, 0.6) is 5.75 Å². The van der Waals surface area contributed by atoms with Gasteiger partial charge in [0.25, 0.3) is 5.91 Å². The number of aliphatic imine (C=N–C) groups is 1. The SMILES string of the molecule is CN=C(NCCNC(=O)c1ccc(OC)cc1)N1CCC2(CCCC2)C1. The number of nitrogens with zero attached hydrogens (tertiary/aromatic N) is 2. The predicted octanol–water partition coefficient (Wildman–Crippen LogP) is 2.27. The monoisotopic (exact) mass is 358 g/mol. The summed E-state index contributed by atoms with van der Waals surface area (Å²) in [6.45, 7) is 3.42. The molecule has 1 saturated heterocycles. The molecule has 1 aromatic rings. The molecule has 1 saturated carbocycles. The van der Waals surface area contributed by atoms with Crippen LogP contribution in [0.3, 0.4) is 0 Å². The highest BCUT2D eigenvalue weighted by molar-refractivity contribution is 5.94. The summed E-state index contributed by atoms with van der Waals surface area (Å²) < 4.78 is 5.11. The second-order valence-corrected chi connectivity index (χ2v) is 7.34. The van der Waals surface area contributed by atoms with Crippen molar-refractivity contribution in [2.75, 3.05) is 40.3 Å². The number of nitrogens with one attached hydrogen (secondary N) is 2. The highest BCUT2D eigenvalue weighted by Gasteiger charge is 2.40. The van der Waals surface area contributed by atoms with Gasteiger partial charge in [0.15, 0.2) is 5.96 Å². The molecular weight excluding hydrogens is 328 g/mol. The Morgan fingerprint density at radius 2 is 1.85 bits per heavy atom. The van der Waals surface area contributed by atoms with Crippen molar-refractivity contribution in [3.8, 4) is 5.75 Å². The lowest BCUT2D eigenvalue weighted by Gasteiger charge is -2.26. The maximum atomic E-state index is 12.2. The van der Waals surface area contributed by atoms with Crippen LogP contribution in [0.4, 0.5) is 0 Å². The largest absolute Gasteiger partial charge is 0.497 e. The number of carbonyl (C=O) groups is 1. The summed E-state index contributed by atoms with van der Waals surface area (Å²) in [5.41, 5.74) is 1.16. The van der Waals surface area contributed by atoms with Crippen LogP contribution < -0.4 is 15.4 Å². The maximum Gasteiger partial charge on any atom is 0.251 e. The molecule has 26 heavy (non-hydrogen) atoms. The minimum atomic E-state index is -0.0736. The Morgan fingerprint density at radius 3 is 2.50 bits per heavy atom. The minimum absolute atomic E-state index is 0.0736. The second kappa shape index (κ2) is 8.43. The molecule has 1 aromatic carbocycles. The van der Waals surface area contributed by atoms with Crippen molar-refractivity contribution < 1.29 is 9.53 Å². The average Bonchev–Trinajstić information content (AvgIpc) is 3.31. The number of amides is 1. The molecule has 1 heterocycles. The van der Waals surface area contributed by atoms with Crippen molar-refractivity contribution in [2.45, 2.75) is 32.1 Å². The van der Waals surface area contributed by atoms with Crippen LogP contribution in [-0.4, -0.2) is 57.1 Å². The third-order valence-electron chi connectivity index (χ3n) is 5.66. The van der Waals surface area contributed by atoms with Crippen LogP contribution in [0.15, 0.2) is 29.3 Å². The van der Waals surface area contributed by atoms with Crippen LogP contribution in [0, 0.1) is 5.41 Å². The molecule has 0 bridgehead atoms. The number of hydrogen-bond donors (Lipinski definition) is 2. The zero-order chi connectivity index (χ0) is 18.4. The van der Waals surface area contributed by atoms with Gasteiger partial charge in [-0.05, 0) is 48.9 Å². The molecule has 1 amide bonds. The lowest BCUT2D eigenvalue weighted by molar-refractivity contribution is 0.0954. The lowest BCUT2D eigenvalue weighted by atomic mass is 9.86. The van der Waals surface area contributed by atoms with Gasteiger partial charge in [0, 0.05) is 38.8 Å². The fourth-order valence-electron chi connectivity index (χ4n) is 4.18. The van der Waals surface area contributed by atoms with E-state index < -0.39 is 0 Å². The predicted molar refractivity (Wildman–Crippen MR) is 104 cm³/mol. The highest BCUT2D eigenvalue weighted by Crippen LogP contribution is 2.45. The molecule has 1 spiro atoms. The maximum absolute atomic E-state index is 12.2. The minimum Gasteiger partial charge on any atom is -0.497 e. The lowest BCUT2D eigenvalue weighted by Crippen LogP contribution is -2.43. The van der Waals surface area contributed by atoms with Gasteiger partial charge in [0.05, 0.1) is 7.11 Å². The summed E-state index contributed by atoms with van der Waals surface area (Å²) in [6.07, 6.45) is 6.74. The smallest absolute Gasteiger partial charge is 0.251 e. The molecule has 142 valence electrons. The van der Waals surface area contributed by atoms with Gasteiger partial charge in [-0.2, -0.15) is 0 Å². The number of carbonyl (C=O) groups excluding carboxylic acids is 1. The van der Waals surface area contributed by atoms with Gasteiger partial charge in [-0.1, -0.05) is 12.8 Å². The topological polar surface area (TPSA) is 66.0 Å². The molecule has 3 rings (SSSR count). The van der Waals surface area contributed by atoms with E-state index in [9.17, 15) is 4.79 Å². The summed E-state index contributed by atoms with van der Waals surface area (Å²) in [5, 5.41) is 6.32. The number of benzene rings is 1. The molecule has 1 aliphatic heterocycles. The van der Waals surface area contributed by atoms with E-state index in [0.29, 0.717) is 24.1 Å². The fourth-order valence-corrected chi connectivity index (χ4v) is 4.18. The van der Waals surface area contributed by atoms with E-state index in [4.69, 9.17) is 4.74 Å². The zero-order valence-corrected chi connectivity index (χ0v) is 15.9. The van der Waals surface area contributed by atoms with Crippen molar-refractivity contribution in [1.82, 2.24) is 15.5 Å². The Balaban J connectivity index is 1.41. The summed E-state index contributed by atoms with van der Waals surface area (Å²) >= 11 is 0. The number of guanidine groups is 1. The van der Waals surface area contributed by atoms with Crippen LogP contribution in [0.2, 0.25) is 0 Å². The first kappa shape index (κ1) is 18.5. The zero-order valence-electron chi connectivity index (χ0n) is 15.9. The molecule has 0 aromatic heterocycles. The van der Waals surface area contributed by atoms with Crippen molar-refractivity contribution in [3.05, 3.63) is 29.8 Å². The Kier molecular flexibility index (Phi) is 6.01. The van der Waals surface area contributed by atoms with Gasteiger partial charge in [0.2, 0.25) is 0 Å². The quantitative estimate of drug-likeness (QED) is 0.481. The first-order chi connectivity index (χ1) is 12.7. The van der Waals surface area contributed by atoms with Gasteiger partial charge < -0.3 is 20.3 Å². The Bertz CT molecular complexity index is 636. The number of hydrogen-bond acceptors (Lipinski definition) is 3. The van der Waals surface area contributed by atoms with Crippen LogP contribution in [-0.2, 0) is 0 Å². The van der Waals surface area contributed by atoms with Crippen LogP contribution in [0.25, 0.3) is 0 Å². The van der Waals surface area contributed by atoms with Crippen LogP contribution in [0.1, 0.15) is 42.5 Å². The average molecular weight is 358 g/mol. The summed E-state index contributed by atoms with van der Waals surface area (Å²) in [6, 6.07) is 7.13. The van der Waals surface area contributed by atoms with E-state index in [-0.39, 0.29) is 5.91 Å². The molecule has 0 atom stereocenters. The molecular formula is C20H30N4O2. The van der Waals surface area contributed by atoms with Crippen molar-refractivity contribution in [3.63, 3.8) is 0 Å². The second-order valence-electron chi connectivity index (χ2n) is 7.34. The van der Waals surface area contributed by atoms with Crippen molar-refractivity contribution in [2.24, 2.45) is 10.4 Å². The molecule has 0 radical (unpaired) electrons. The first-order valence-electron chi connectivity index (χ1n) is 9.54. The van der Waals surface area contributed by atoms with Gasteiger partial charge in [-0.25, -0.2) is 0 Å². The standard InChI is InChI=1S/C20H30N4O2/c1-21-19(24-14-11-20(15-24)9-3-4-10-20)23-13-12-22-18(25)16-5-7-17(26-2)8-6-16/h5-8H,3-4,9-15H2,1-2H3,(H,21,23)(H,22,25). The van der Waals surface area contributed by atoms with E-state index in [1.807, 2.05) is 7.05 Å². The number of ether oxygens (including phenoxy) is 1. The summed E-state index contributed by atoms with van der Waals surface area (Å²) in [5.74, 6) is 1.63. The van der Waals surface area contributed by atoms with E-state index in [1.54, 1.807) is 31.4 Å². The van der Waals surface area contributed by atoms with E-state index in [0.717, 1.165) is 24.8 Å². The van der Waals surface area contributed by atoms with Crippen molar-refractivity contribution >= 4 is 11.9 Å². The van der Waals surface area contributed by atoms with Crippen molar-refractivity contribution in [1.29, 1.82) is 0 Å². The van der Waals surface area contributed by atoms with Gasteiger partial charge in [-0.3, -0.25) is 9.79 Å².